The molecule has 9 heteroatoms. The Morgan fingerprint density at radius 2 is 1.68 bits per heavy atom. The van der Waals surface area contributed by atoms with E-state index in [2.05, 4.69) is 5.32 Å². The number of hydrogen-bond donors (Lipinski definition) is 1. The van der Waals surface area contributed by atoms with Crippen LogP contribution in [0.25, 0.3) is 6.08 Å². The Morgan fingerprint density at radius 3 is 2.32 bits per heavy atom. The maximum atomic E-state index is 12.6. The SMILES string of the molecule is CCOc1cc(/C=C(\C#N)C(=O)Nc2ccc(Cl)cc2)cc(Cl)c1OCc1ccc(Cl)cc1Cl. The van der Waals surface area contributed by atoms with Crippen molar-refractivity contribution in [1.29, 1.82) is 5.26 Å². The fourth-order valence-corrected chi connectivity index (χ4v) is 3.77. The summed E-state index contributed by atoms with van der Waals surface area (Å²) in [5.74, 6) is 0.106. The van der Waals surface area contributed by atoms with Gasteiger partial charge in [0.25, 0.3) is 5.91 Å². The van der Waals surface area contributed by atoms with Crippen molar-refractivity contribution < 1.29 is 14.3 Å². The van der Waals surface area contributed by atoms with Gasteiger partial charge in [0, 0.05) is 26.3 Å². The second kappa shape index (κ2) is 12.0. The van der Waals surface area contributed by atoms with E-state index >= 15 is 0 Å². The van der Waals surface area contributed by atoms with Crippen LogP contribution >= 0.6 is 46.4 Å². The molecule has 0 aromatic heterocycles. The molecule has 1 amide bonds. The predicted molar refractivity (Wildman–Crippen MR) is 137 cm³/mol. The van der Waals surface area contributed by atoms with E-state index in [0.29, 0.717) is 44.4 Å². The number of carbonyl (C=O) groups is 1. The van der Waals surface area contributed by atoms with Crippen LogP contribution in [-0.2, 0) is 11.4 Å². The van der Waals surface area contributed by atoms with Gasteiger partial charge in [0.15, 0.2) is 11.5 Å². The smallest absolute Gasteiger partial charge is 0.266 e. The third-order valence-corrected chi connectivity index (χ3v) is 5.62. The first kappa shape index (κ1) is 25.7. The fraction of sp³-hybridized carbons (Fsp3) is 0.120. The summed E-state index contributed by atoms with van der Waals surface area (Å²) in [6.45, 7) is 2.30. The number of carbonyl (C=O) groups excluding carboxylic acids is 1. The van der Waals surface area contributed by atoms with E-state index in [0.717, 1.165) is 5.56 Å². The highest BCUT2D eigenvalue weighted by Gasteiger charge is 2.15. The van der Waals surface area contributed by atoms with Gasteiger partial charge in [-0.05, 0) is 67.1 Å². The van der Waals surface area contributed by atoms with E-state index in [-0.39, 0.29) is 17.2 Å². The van der Waals surface area contributed by atoms with E-state index in [4.69, 9.17) is 55.9 Å². The van der Waals surface area contributed by atoms with Gasteiger partial charge in [-0.1, -0.05) is 52.5 Å². The summed E-state index contributed by atoms with van der Waals surface area (Å²) < 4.78 is 11.6. The van der Waals surface area contributed by atoms with Crippen molar-refractivity contribution in [2.45, 2.75) is 13.5 Å². The zero-order valence-electron chi connectivity index (χ0n) is 17.9. The number of nitriles is 1. The van der Waals surface area contributed by atoms with Crippen LogP contribution in [0.15, 0.2) is 60.2 Å². The lowest BCUT2D eigenvalue weighted by atomic mass is 10.1. The van der Waals surface area contributed by atoms with Gasteiger partial charge in [0.1, 0.15) is 18.2 Å². The molecule has 0 atom stereocenters. The Hall–Kier alpha value is -2.88. The molecule has 0 saturated carbocycles. The molecule has 3 aromatic carbocycles. The van der Waals surface area contributed by atoms with E-state index in [9.17, 15) is 10.1 Å². The first-order valence-electron chi connectivity index (χ1n) is 10.0. The molecular weight excluding hydrogens is 518 g/mol. The van der Waals surface area contributed by atoms with Crippen LogP contribution in [0.4, 0.5) is 5.69 Å². The van der Waals surface area contributed by atoms with Crippen LogP contribution < -0.4 is 14.8 Å². The highest BCUT2D eigenvalue weighted by atomic mass is 35.5. The first-order chi connectivity index (χ1) is 16.3. The Kier molecular flexibility index (Phi) is 9.09. The number of amides is 1. The van der Waals surface area contributed by atoms with Gasteiger partial charge in [0.2, 0.25) is 0 Å². The third kappa shape index (κ3) is 6.82. The van der Waals surface area contributed by atoms with Crippen LogP contribution in [0.1, 0.15) is 18.1 Å². The number of nitrogens with zero attached hydrogens (tertiary/aromatic N) is 1. The van der Waals surface area contributed by atoms with Gasteiger partial charge in [-0.15, -0.1) is 0 Å². The average molecular weight is 536 g/mol. The highest BCUT2D eigenvalue weighted by molar-refractivity contribution is 6.35. The number of ether oxygens (including phenoxy) is 2. The second-order valence-electron chi connectivity index (χ2n) is 6.92. The standard InChI is InChI=1S/C25H18Cl4N2O3/c1-2-33-23-11-15(9-17(13-30)25(32)31-20-7-5-18(26)6-8-20)10-22(29)24(23)34-14-16-3-4-19(27)12-21(16)28/h3-12H,2,14H2,1H3,(H,31,32)/b17-9+. The maximum absolute atomic E-state index is 12.6. The number of nitrogens with one attached hydrogen (secondary N) is 1. The van der Waals surface area contributed by atoms with Crippen molar-refractivity contribution in [2.75, 3.05) is 11.9 Å². The molecule has 0 heterocycles. The summed E-state index contributed by atoms with van der Waals surface area (Å²) in [4.78, 5) is 12.6. The van der Waals surface area contributed by atoms with Crippen molar-refractivity contribution in [3.8, 4) is 17.6 Å². The minimum Gasteiger partial charge on any atom is -0.490 e. The molecule has 0 radical (unpaired) electrons. The number of anilines is 1. The lowest BCUT2D eigenvalue weighted by Gasteiger charge is -2.15. The molecule has 34 heavy (non-hydrogen) atoms. The van der Waals surface area contributed by atoms with E-state index in [1.165, 1.54) is 6.08 Å². The van der Waals surface area contributed by atoms with Gasteiger partial charge in [-0.25, -0.2) is 0 Å². The molecule has 0 spiro atoms. The molecule has 0 unspecified atom stereocenters. The first-order valence-corrected chi connectivity index (χ1v) is 11.5. The van der Waals surface area contributed by atoms with Crippen LogP contribution in [0, 0.1) is 11.3 Å². The average Bonchev–Trinajstić information content (AvgIpc) is 2.79. The van der Waals surface area contributed by atoms with Crippen LogP contribution in [0.5, 0.6) is 11.5 Å². The zero-order valence-corrected chi connectivity index (χ0v) is 20.9. The molecule has 5 nitrogen and oxygen atoms in total. The summed E-state index contributed by atoms with van der Waals surface area (Å²) >= 11 is 24.5. The van der Waals surface area contributed by atoms with Crippen molar-refractivity contribution in [1.82, 2.24) is 0 Å². The summed E-state index contributed by atoms with van der Waals surface area (Å²) in [5.41, 5.74) is 1.61. The molecule has 0 saturated heterocycles. The summed E-state index contributed by atoms with van der Waals surface area (Å²) in [6.07, 6.45) is 1.42. The summed E-state index contributed by atoms with van der Waals surface area (Å²) in [7, 11) is 0. The molecule has 1 N–H and O–H groups in total. The van der Waals surface area contributed by atoms with Crippen LogP contribution in [-0.4, -0.2) is 12.5 Å². The fourth-order valence-electron chi connectivity index (χ4n) is 2.91. The minimum absolute atomic E-state index is 0.116. The topological polar surface area (TPSA) is 71.3 Å². The van der Waals surface area contributed by atoms with E-state index in [1.807, 2.05) is 13.0 Å². The Bertz CT molecular complexity index is 1270. The number of benzene rings is 3. The third-order valence-electron chi connectivity index (χ3n) is 4.50. The number of hydrogen-bond acceptors (Lipinski definition) is 4. The van der Waals surface area contributed by atoms with E-state index in [1.54, 1.807) is 54.6 Å². The molecule has 3 aromatic rings. The maximum Gasteiger partial charge on any atom is 0.266 e. The number of halogens is 4. The van der Waals surface area contributed by atoms with Crippen molar-refractivity contribution in [3.63, 3.8) is 0 Å². The lowest BCUT2D eigenvalue weighted by molar-refractivity contribution is -0.112. The predicted octanol–water partition coefficient (Wildman–Crippen LogP) is 7.82. The molecule has 0 aliphatic rings. The molecule has 3 rings (SSSR count). The monoisotopic (exact) mass is 534 g/mol. The normalized spacial score (nSPS) is 11.0. The van der Waals surface area contributed by atoms with Gasteiger partial charge < -0.3 is 14.8 Å². The van der Waals surface area contributed by atoms with E-state index < -0.39 is 5.91 Å². The molecule has 0 aliphatic heterocycles. The van der Waals surface area contributed by atoms with Gasteiger partial charge in [0.05, 0.1) is 11.6 Å². The Labute approximate surface area is 217 Å². The molecule has 0 aliphatic carbocycles. The molecule has 174 valence electrons. The summed E-state index contributed by atoms with van der Waals surface area (Å²) in [5, 5.41) is 13.9. The zero-order chi connectivity index (χ0) is 24.7. The molecular formula is C25H18Cl4N2O3. The minimum atomic E-state index is -0.573. The van der Waals surface area contributed by atoms with Gasteiger partial charge in [-0.3, -0.25) is 4.79 Å². The quantitative estimate of drug-likeness (QED) is 0.235. The van der Waals surface area contributed by atoms with Crippen molar-refractivity contribution in [2.24, 2.45) is 0 Å². The summed E-state index contributed by atoms with van der Waals surface area (Å²) in [6, 6.07) is 16.8. The van der Waals surface area contributed by atoms with Crippen LogP contribution in [0.2, 0.25) is 20.1 Å². The van der Waals surface area contributed by atoms with Gasteiger partial charge in [-0.2, -0.15) is 5.26 Å². The van der Waals surface area contributed by atoms with Crippen molar-refractivity contribution in [3.05, 3.63) is 91.4 Å². The van der Waals surface area contributed by atoms with Crippen molar-refractivity contribution >= 4 is 64.1 Å². The Balaban J connectivity index is 1.85. The van der Waals surface area contributed by atoms with Gasteiger partial charge >= 0.3 is 0 Å². The Morgan fingerprint density at radius 1 is 0.971 bits per heavy atom. The second-order valence-corrected chi connectivity index (χ2v) is 8.61. The lowest BCUT2D eigenvalue weighted by Crippen LogP contribution is -2.13. The molecule has 0 fully saturated rings. The van der Waals surface area contributed by atoms with Crippen LogP contribution in [0.3, 0.4) is 0 Å². The number of rotatable bonds is 8. The molecule has 0 bridgehead atoms. The largest absolute Gasteiger partial charge is 0.490 e. The highest BCUT2D eigenvalue weighted by Crippen LogP contribution is 2.38.